The van der Waals surface area contributed by atoms with Gasteiger partial charge in [-0.2, -0.15) is 0 Å². The van der Waals surface area contributed by atoms with Crippen molar-refractivity contribution in [2.24, 2.45) is 0 Å². The van der Waals surface area contributed by atoms with E-state index < -0.39 is 0 Å². The maximum absolute atomic E-state index is 5.82. The molecule has 0 radical (unpaired) electrons. The summed E-state index contributed by atoms with van der Waals surface area (Å²) in [4.78, 5) is 1.26. The van der Waals surface area contributed by atoms with Crippen molar-refractivity contribution in [3.8, 4) is 5.75 Å². The Hall–Kier alpha value is -1.92. The maximum atomic E-state index is 5.82. The van der Waals surface area contributed by atoms with Crippen molar-refractivity contribution >= 4 is 23.5 Å². The van der Waals surface area contributed by atoms with Gasteiger partial charge in [-0.25, -0.2) is 0 Å². The van der Waals surface area contributed by atoms with Gasteiger partial charge >= 0.3 is 0 Å². The highest BCUT2D eigenvalue weighted by molar-refractivity contribution is 7.99. The molecule has 0 N–H and O–H groups in total. The largest absolute Gasteiger partial charge is 0.493 e. The van der Waals surface area contributed by atoms with Crippen LogP contribution in [-0.4, -0.2) is 27.1 Å². The van der Waals surface area contributed by atoms with Crippen LogP contribution >= 0.6 is 23.5 Å². The number of rotatable bonds is 9. The highest BCUT2D eigenvalue weighted by Gasteiger charge is 2.11. The molecule has 0 unspecified atom stereocenters. The molecule has 1 heterocycles. The molecule has 0 fully saturated rings. The molecular formula is C21H25N3OS2. The van der Waals surface area contributed by atoms with Crippen molar-refractivity contribution in [3.63, 3.8) is 0 Å². The van der Waals surface area contributed by atoms with Crippen molar-refractivity contribution in [1.82, 2.24) is 14.8 Å². The van der Waals surface area contributed by atoms with Crippen LogP contribution < -0.4 is 4.74 Å². The molecule has 0 atom stereocenters. The minimum atomic E-state index is 0.651. The van der Waals surface area contributed by atoms with E-state index in [-0.39, 0.29) is 0 Å². The summed E-state index contributed by atoms with van der Waals surface area (Å²) in [6.07, 6.45) is 0. The van der Waals surface area contributed by atoms with Gasteiger partial charge in [0.15, 0.2) is 5.16 Å². The molecule has 0 aliphatic rings. The van der Waals surface area contributed by atoms with E-state index in [0.717, 1.165) is 34.8 Å². The van der Waals surface area contributed by atoms with Crippen LogP contribution in [0.5, 0.6) is 5.75 Å². The number of benzene rings is 2. The van der Waals surface area contributed by atoms with Gasteiger partial charge in [-0.3, -0.25) is 0 Å². The van der Waals surface area contributed by atoms with E-state index in [2.05, 4.69) is 71.9 Å². The van der Waals surface area contributed by atoms with Gasteiger partial charge in [-0.15, -0.1) is 22.0 Å². The highest BCUT2D eigenvalue weighted by Crippen LogP contribution is 2.25. The Kier molecular flexibility index (Phi) is 7.24. The molecule has 0 aliphatic heterocycles. The molecule has 2 aromatic carbocycles. The van der Waals surface area contributed by atoms with Gasteiger partial charge in [0.2, 0.25) is 0 Å². The Morgan fingerprint density at radius 2 is 1.78 bits per heavy atom. The Bertz CT molecular complexity index is 862. The first-order valence-electron chi connectivity index (χ1n) is 9.09. The third-order valence-corrected chi connectivity index (χ3v) is 6.01. The lowest BCUT2D eigenvalue weighted by Gasteiger charge is -2.08. The summed E-state index contributed by atoms with van der Waals surface area (Å²) in [6.45, 7) is 7.84. The fraction of sp³-hybridized carbons (Fsp3) is 0.333. The topological polar surface area (TPSA) is 39.9 Å². The van der Waals surface area contributed by atoms with Gasteiger partial charge < -0.3 is 9.30 Å². The molecule has 0 saturated heterocycles. The fourth-order valence-corrected chi connectivity index (χ4v) is 4.31. The zero-order chi connectivity index (χ0) is 19.1. The Balaban J connectivity index is 1.51. The Labute approximate surface area is 169 Å². The summed E-state index contributed by atoms with van der Waals surface area (Å²) >= 11 is 3.49. The second-order valence-electron chi connectivity index (χ2n) is 6.26. The molecule has 1 aromatic heterocycles. The first-order valence-corrected chi connectivity index (χ1v) is 11.1. The molecule has 0 aliphatic carbocycles. The first kappa shape index (κ1) is 19.8. The van der Waals surface area contributed by atoms with Gasteiger partial charge in [-0.1, -0.05) is 41.6 Å². The van der Waals surface area contributed by atoms with E-state index in [1.54, 1.807) is 23.5 Å². The average Bonchev–Trinajstić information content (AvgIpc) is 3.06. The fourth-order valence-electron chi connectivity index (χ4n) is 2.63. The molecule has 27 heavy (non-hydrogen) atoms. The van der Waals surface area contributed by atoms with Crippen LogP contribution in [0.3, 0.4) is 0 Å². The van der Waals surface area contributed by atoms with Crippen molar-refractivity contribution in [1.29, 1.82) is 0 Å². The van der Waals surface area contributed by atoms with E-state index in [9.17, 15) is 0 Å². The average molecular weight is 400 g/mol. The second kappa shape index (κ2) is 9.85. The SMILES string of the molecule is CCn1c(CSc2ccc(C)cc2)nnc1SCCOc1cccc(C)c1. The minimum absolute atomic E-state index is 0.651. The lowest BCUT2D eigenvalue weighted by atomic mass is 10.2. The molecule has 4 nitrogen and oxygen atoms in total. The summed E-state index contributed by atoms with van der Waals surface area (Å²) in [5, 5.41) is 9.74. The van der Waals surface area contributed by atoms with Crippen LogP contribution in [0.15, 0.2) is 58.6 Å². The molecule has 0 saturated carbocycles. The molecule has 0 amide bonds. The molecule has 0 bridgehead atoms. The van der Waals surface area contributed by atoms with E-state index >= 15 is 0 Å². The second-order valence-corrected chi connectivity index (χ2v) is 8.37. The van der Waals surface area contributed by atoms with E-state index in [1.165, 1.54) is 16.0 Å². The molecule has 142 valence electrons. The molecule has 6 heteroatoms. The number of aromatic nitrogens is 3. The van der Waals surface area contributed by atoms with E-state index in [0.29, 0.717) is 6.61 Å². The summed E-state index contributed by atoms with van der Waals surface area (Å²) < 4.78 is 8.01. The molecule has 0 spiro atoms. The normalized spacial score (nSPS) is 10.9. The Morgan fingerprint density at radius 3 is 2.52 bits per heavy atom. The summed E-state index contributed by atoms with van der Waals surface area (Å²) in [6, 6.07) is 16.7. The third kappa shape index (κ3) is 5.78. The number of ether oxygens (including phenoxy) is 1. The number of hydrogen-bond donors (Lipinski definition) is 0. The van der Waals surface area contributed by atoms with Gasteiger partial charge in [0.1, 0.15) is 11.6 Å². The van der Waals surface area contributed by atoms with Crippen LogP contribution in [0.1, 0.15) is 23.9 Å². The van der Waals surface area contributed by atoms with Crippen LogP contribution in [-0.2, 0) is 12.3 Å². The van der Waals surface area contributed by atoms with Crippen LogP contribution in [0, 0.1) is 13.8 Å². The van der Waals surface area contributed by atoms with Gasteiger partial charge in [0.05, 0.1) is 12.4 Å². The van der Waals surface area contributed by atoms with Crippen molar-refractivity contribution in [3.05, 3.63) is 65.5 Å². The standard InChI is InChI=1S/C21H25N3OS2/c1-4-24-20(15-27-19-10-8-16(2)9-11-19)22-23-21(24)26-13-12-25-18-7-5-6-17(3)14-18/h5-11,14H,4,12-13,15H2,1-3H3. The predicted molar refractivity (Wildman–Crippen MR) is 114 cm³/mol. The number of aryl methyl sites for hydroxylation is 2. The van der Waals surface area contributed by atoms with Gasteiger partial charge in [-0.05, 0) is 50.6 Å². The smallest absolute Gasteiger partial charge is 0.191 e. The van der Waals surface area contributed by atoms with Crippen molar-refractivity contribution in [2.75, 3.05) is 12.4 Å². The summed E-state index contributed by atoms with van der Waals surface area (Å²) in [5.74, 6) is 3.61. The zero-order valence-electron chi connectivity index (χ0n) is 16.0. The molecule has 3 rings (SSSR count). The van der Waals surface area contributed by atoms with Crippen LogP contribution in [0.2, 0.25) is 0 Å². The van der Waals surface area contributed by atoms with Crippen molar-refractivity contribution in [2.45, 2.75) is 43.1 Å². The summed E-state index contributed by atoms with van der Waals surface area (Å²) in [5.41, 5.74) is 2.49. The Morgan fingerprint density at radius 1 is 0.963 bits per heavy atom. The lowest BCUT2D eigenvalue weighted by Crippen LogP contribution is -2.05. The van der Waals surface area contributed by atoms with Crippen LogP contribution in [0.25, 0.3) is 0 Å². The van der Waals surface area contributed by atoms with E-state index in [4.69, 9.17) is 4.74 Å². The maximum Gasteiger partial charge on any atom is 0.191 e. The number of nitrogens with zero attached hydrogens (tertiary/aromatic N) is 3. The monoisotopic (exact) mass is 399 g/mol. The highest BCUT2D eigenvalue weighted by atomic mass is 32.2. The van der Waals surface area contributed by atoms with Gasteiger partial charge in [0, 0.05) is 17.2 Å². The predicted octanol–water partition coefficient (Wildman–Crippen LogP) is 5.38. The van der Waals surface area contributed by atoms with Gasteiger partial charge in [0.25, 0.3) is 0 Å². The quantitative estimate of drug-likeness (QED) is 0.357. The molecular weight excluding hydrogens is 374 g/mol. The minimum Gasteiger partial charge on any atom is -0.493 e. The molecule has 3 aromatic rings. The number of thioether (sulfide) groups is 2. The summed E-state index contributed by atoms with van der Waals surface area (Å²) in [7, 11) is 0. The third-order valence-electron chi connectivity index (χ3n) is 4.07. The lowest BCUT2D eigenvalue weighted by molar-refractivity contribution is 0.343. The van der Waals surface area contributed by atoms with Crippen LogP contribution in [0.4, 0.5) is 0 Å². The zero-order valence-corrected chi connectivity index (χ0v) is 17.6. The van der Waals surface area contributed by atoms with E-state index in [1.807, 2.05) is 12.1 Å². The first-order chi connectivity index (χ1) is 13.2. The number of hydrogen-bond acceptors (Lipinski definition) is 5. The van der Waals surface area contributed by atoms with Crippen molar-refractivity contribution < 1.29 is 4.74 Å².